The Bertz CT molecular complexity index is 1140. The SMILES string of the molecule is CC1=C[C@H]2C[C@H]1[C@@H]1C(=O)N(c3ccccc3C(=O)Nc3cc(Cl)ccc3C)C(=O)[C@H]12. The average molecular weight is 421 g/mol. The van der Waals surface area contributed by atoms with Crippen LogP contribution in [0.1, 0.15) is 29.3 Å². The number of nitrogens with one attached hydrogen (secondary N) is 1. The molecule has 1 saturated carbocycles. The number of halogens is 1. The molecular weight excluding hydrogens is 400 g/mol. The van der Waals surface area contributed by atoms with Gasteiger partial charge in [0.25, 0.3) is 5.91 Å². The van der Waals surface area contributed by atoms with Crippen molar-refractivity contribution in [2.75, 3.05) is 10.2 Å². The lowest BCUT2D eigenvalue weighted by atomic mass is 9.82. The minimum absolute atomic E-state index is 0.122. The highest BCUT2D eigenvalue weighted by Crippen LogP contribution is 2.56. The van der Waals surface area contributed by atoms with Crippen molar-refractivity contribution in [3.05, 3.63) is 70.3 Å². The number of benzene rings is 2. The lowest BCUT2D eigenvalue weighted by molar-refractivity contribution is -0.123. The van der Waals surface area contributed by atoms with Crippen molar-refractivity contribution in [3.63, 3.8) is 0 Å². The topological polar surface area (TPSA) is 66.5 Å². The highest BCUT2D eigenvalue weighted by molar-refractivity contribution is 6.31. The maximum Gasteiger partial charge on any atom is 0.257 e. The molecule has 5 rings (SSSR count). The van der Waals surface area contributed by atoms with E-state index in [-0.39, 0.29) is 47.0 Å². The summed E-state index contributed by atoms with van der Waals surface area (Å²) in [5, 5.41) is 3.38. The van der Waals surface area contributed by atoms with Gasteiger partial charge < -0.3 is 5.32 Å². The smallest absolute Gasteiger partial charge is 0.257 e. The summed E-state index contributed by atoms with van der Waals surface area (Å²) in [6.45, 7) is 3.91. The maximum atomic E-state index is 13.3. The number of carbonyl (C=O) groups is 3. The van der Waals surface area contributed by atoms with E-state index < -0.39 is 0 Å². The van der Waals surface area contributed by atoms with Crippen molar-refractivity contribution < 1.29 is 14.4 Å². The van der Waals surface area contributed by atoms with E-state index in [1.165, 1.54) is 10.5 Å². The first-order chi connectivity index (χ1) is 14.4. The van der Waals surface area contributed by atoms with Crippen LogP contribution < -0.4 is 10.2 Å². The second-order valence-corrected chi connectivity index (χ2v) is 8.85. The molecule has 1 aliphatic heterocycles. The first-order valence-electron chi connectivity index (χ1n) is 10.1. The molecule has 30 heavy (non-hydrogen) atoms. The average Bonchev–Trinajstić information content (AvgIpc) is 3.35. The normalized spacial score (nSPS) is 26.8. The van der Waals surface area contributed by atoms with Crippen molar-refractivity contribution in [1.82, 2.24) is 0 Å². The minimum Gasteiger partial charge on any atom is -0.322 e. The number of hydrogen-bond acceptors (Lipinski definition) is 3. The number of hydrogen-bond donors (Lipinski definition) is 1. The summed E-state index contributed by atoms with van der Waals surface area (Å²) in [4.78, 5) is 40.9. The molecule has 4 atom stereocenters. The zero-order valence-electron chi connectivity index (χ0n) is 16.7. The lowest BCUT2D eigenvalue weighted by Crippen LogP contribution is -2.34. The van der Waals surface area contributed by atoms with Crippen molar-refractivity contribution in [2.45, 2.75) is 20.3 Å². The van der Waals surface area contributed by atoms with Gasteiger partial charge in [0.15, 0.2) is 0 Å². The molecule has 3 amide bonds. The van der Waals surface area contributed by atoms with E-state index in [0.29, 0.717) is 16.4 Å². The van der Waals surface area contributed by atoms with Crippen molar-refractivity contribution >= 4 is 40.7 Å². The van der Waals surface area contributed by atoms with Gasteiger partial charge in [-0.1, -0.05) is 41.4 Å². The molecular formula is C24H21ClN2O3. The van der Waals surface area contributed by atoms with Gasteiger partial charge in [0.1, 0.15) is 0 Å². The summed E-state index contributed by atoms with van der Waals surface area (Å²) in [7, 11) is 0. The third-order valence-corrected chi connectivity index (χ3v) is 6.95. The van der Waals surface area contributed by atoms with Gasteiger partial charge in [0.05, 0.1) is 23.1 Å². The Kier molecular flexibility index (Phi) is 4.33. The largest absolute Gasteiger partial charge is 0.322 e. The van der Waals surface area contributed by atoms with Crippen molar-refractivity contribution in [1.29, 1.82) is 0 Å². The van der Waals surface area contributed by atoms with E-state index in [9.17, 15) is 14.4 Å². The summed E-state index contributed by atoms with van der Waals surface area (Å²) < 4.78 is 0. The van der Waals surface area contributed by atoms with Crippen LogP contribution in [0.25, 0.3) is 0 Å². The van der Waals surface area contributed by atoms with Crippen LogP contribution >= 0.6 is 11.6 Å². The van der Waals surface area contributed by atoms with Crippen molar-refractivity contribution in [3.8, 4) is 0 Å². The number of carbonyl (C=O) groups excluding carboxylic acids is 3. The number of para-hydroxylation sites is 1. The van der Waals surface area contributed by atoms with Gasteiger partial charge >= 0.3 is 0 Å². The molecule has 1 saturated heterocycles. The molecule has 0 radical (unpaired) electrons. The number of nitrogens with zero attached hydrogens (tertiary/aromatic N) is 1. The highest BCUT2D eigenvalue weighted by atomic mass is 35.5. The van der Waals surface area contributed by atoms with Crippen LogP contribution in [0, 0.1) is 30.6 Å². The van der Waals surface area contributed by atoms with Crippen LogP contribution in [-0.2, 0) is 9.59 Å². The van der Waals surface area contributed by atoms with Crippen LogP contribution in [0.3, 0.4) is 0 Å². The number of rotatable bonds is 3. The van der Waals surface area contributed by atoms with Crippen LogP contribution in [0.15, 0.2) is 54.1 Å². The van der Waals surface area contributed by atoms with E-state index in [0.717, 1.165) is 12.0 Å². The molecule has 2 aromatic rings. The van der Waals surface area contributed by atoms with E-state index in [1.54, 1.807) is 36.4 Å². The molecule has 0 spiro atoms. The quantitative estimate of drug-likeness (QED) is 0.582. The van der Waals surface area contributed by atoms with Gasteiger partial charge in [0, 0.05) is 10.7 Å². The first kappa shape index (κ1) is 19.1. The molecule has 0 unspecified atom stereocenters. The Morgan fingerprint density at radius 3 is 2.60 bits per heavy atom. The van der Waals surface area contributed by atoms with Crippen LogP contribution in [0.2, 0.25) is 5.02 Å². The van der Waals surface area contributed by atoms with E-state index in [1.807, 2.05) is 19.9 Å². The molecule has 6 heteroatoms. The van der Waals surface area contributed by atoms with Gasteiger partial charge in [-0.2, -0.15) is 0 Å². The second-order valence-electron chi connectivity index (χ2n) is 8.41. The number of allylic oxidation sites excluding steroid dienone is 2. The van der Waals surface area contributed by atoms with Gasteiger partial charge in [-0.25, -0.2) is 4.90 Å². The number of aryl methyl sites for hydroxylation is 1. The third-order valence-electron chi connectivity index (χ3n) is 6.72. The fourth-order valence-corrected chi connectivity index (χ4v) is 5.46. The molecule has 2 aromatic carbocycles. The van der Waals surface area contributed by atoms with Gasteiger partial charge in [-0.3, -0.25) is 14.4 Å². The fraction of sp³-hybridized carbons (Fsp3) is 0.292. The number of anilines is 2. The van der Waals surface area contributed by atoms with E-state index in [4.69, 9.17) is 11.6 Å². The Balaban J connectivity index is 1.49. The van der Waals surface area contributed by atoms with Crippen LogP contribution in [-0.4, -0.2) is 17.7 Å². The molecule has 1 heterocycles. The molecule has 3 aliphatic rings. The zero-order chi connectivity index (χ0) is 21.2. The number of amides is 3. The highest BCUT2D eigenvalue weighted by Gasteiger charge is 2.61. The van der Waals surface area contributed by atoms with E-state index >= 15 is 0 Å². The molecule has 152 valence electrons. The number of imide groups is 1. The molecule has 2 bridgehead atoms. The van der Waals surface area contributed by atoms with Gasteiger partial charge in [0.2, 0.25) is 11.8 Å². The Morgan fingerprint density at radius 1 is 1.07 bits per heavy atom. The van der Waals surface area contributed by atoms with Gasteiger partial charge in [-0.15, -0.1) is 0 Å². The summed E-state index contributed by atoms with van der Waals surface area (Å²) in [6, 6.07) is 12.0. The lowest BCUT2D eigenvalue weighted by Gasteiger charge is -2.21. The molecule has 1 N–H and O–H groups in total. The fourth-order valence-electron chi connectivity index (χ4n) is 5.29. The third kappa shape index (κ3) is 2.72. The van der Waals surface area contributed by atoms with Gasteiger partial charge in [-0.05, 0) is 61.9 Å². The van der Waals surface area contributed by atoms with Crippen LogP contribution in [0.4, 0.5) is 11.4 Å². The molecule has 5 nitrogen and oxygen atoms in total. The molecule has 2 aliphatic carbocycles. The maximum absolute atomic E-state index is 13.3. The summed E-state index contributed by atoms with van der Waals surface area (Å²) in [5.74, 6) is -1.13. The standard InChI is InChI=1S/C24H21ClN2O3/c1-12-7-8-15(25)11-18(12)26-22(28)16-5-3-4-6-19(16)27-23(29)20-14-9-13(2)17(10-14)21(20)24(27)30/h3-9,11,14,17,20-21H,10H2,1-2H3,(H,26,28)/t14-,17+,20-,21-/m0/s1. The number of fused-ring (bicyclic) bond motifs is 5. The minimum atomic E-state index is -0.383. The molecule has 0 aromatic heterocycles. The summed E-state index contributed by atoms with van der Waals surface area (Å²) >= 11 is 6.07. The predicted molar refractivity (Wildman–Crippen MR) is 115 cm³/mol. The first-order valence-corrected chi connectivity index (χ1v) is 10.5. The van der Waals surface area contributed by atoms with Crippen molar-refractivity contribution in [2.24, 2.45) is 23.7 Å². The summed E-state index contributed by atoms with van der Waals surface area (Å²) in [5.41, 5.74) is 3.29. The zero-order valence-corrected chi connectivity index (χ0v) is 17.4. The Morgan fingerprint density at radius 2 is 1.80 bits per heavy atom. The second kappa shape index (κ2) is 6.81. The Labute approximate surface area is 179 Å². The Hall–Kier alpha value is -2.92. The monoisotopic (exact) mass is 420 g/mol. The van der Waals surface area contributed by atoms with Crippen LogP contribution in [0.5, 0.6) is 0 Å². The van der Waals surface area contributed by atoms with E-state index in [2.05, 4.69) is 11.4 Å². The predicted octanol–water partition coefficient (Wildman–Crippen LogP) is 4.60. The summed E-state index contributed by atoms with van der Waals surface area (Å²) in [6.07, 6.45) is 3.02. The molecule has 2 fully saturated rings.